The Morgan fingerprint density at radius 2 is 1.95 bits per heavy atom. The zero-order chi connectivity index (χ0) is 14.3. The molecule has 1 aliphatic heterocycles. The van der Waals surface area contributed by atoms with E-state index in [0.717, 1.165) is 37.7 Å². The number of nitrogens with zero attached hydrogens (tertiary/aromatic N) is 3. The second kappa shape index (κ2) is 7.43. The van der Waals surface area contributed by atoms with Gasteiger partial charge < -0.3 is 10.2 Å². The molecule has 4 heteroatoms. The van der Waals surface area contributed by atoms with Crippen LogP contribution in [0, 0.1) is 0 Å². The second-order valence-corrected chi connectivity index (χ2v) is 6.09. The second-order valence-electron chi connectivity index (χ2n) is 6.09. The highest BCUT2D eigenvalue weighted by molar-refractivity contribution is 5.48. The molecule has 1 aromatic rings. The number of nitrogens with one attached hydrogen (secondary N) is 1. The lowest BCUT2D eigenvalue weighted by molar-refractivity contribution is 0.573. The van der Waals surface area contributed by atoms with Crippen LogP contribution in [0.1, 0.15) is 51.4 Å². The van der Waals surface area contributed by atoms with Gasteiger partial charge in [-0.2, -0.15) is 0 Å². The number of anilines is 2. The van der Waals surface area contributed by atoms with E-state index in [1.54, 1.807) is 11.9 Å². The molecule has 1 fully saturated rings. The first kappa shape index (κ1) is 14.4. The van der Waals surface area contributed by atoms with Crippen molar-refractivity contribution in [2.45, 2.75) is 51.4 Å². The predicted octanol–water partition coefficient (Wildman–Crippen LogP) is 3.77. The standard InChI is InChI=1S/C17H26N4/c1-3-7-15(8-4-1)9-10-18-16-13-17(20-14-19-16)21-11-5-2-6-12-21/h7,13-14H,1-6,8-12H2,(H,18,19,20). The number of hydrogen-bond donors (Lipinski definition) is 1. The van der Waals surface area contributed by atoms with Gasteiger partial charge in [-0.3, -0.25) is 0 Å². The van der Waals surface area contributed by atoms with Crippen molar-refractivity contribution < 1.29 is 0 Å². The molecule has 21 heavy (non-hydrogen) atoms. The molecule has 1 saturated heterocycles. The molecule has 1 aliphatic carbocycles. The van der Waals surface area contributed by atoms with E-state index in [1.165, 1.54) is 44.9 Å². The third kappa shape index (κ3) is 4.19. The van der Waals surface area contributed by atoms with Crippen LogP contribution in [-0.2, 0) is 0 Å². The Kier molecular flexibility index (Phi) is 5.08. The summed E-state index contributed by atoms with van der Waals surface area (Å²) in [6.45, 7) is 3.23. The average molecular weight is 286 g/mol. The third-order valence-electron chi connectivity index (χ3n) is 4.47. The first-order valence-electron chi connectivity index (χ1n) is 8.40. The van der Waals surface area contributed by atoms with Crippen molar-refractivity contribution >= 4 is 11.6 Å². The Bertz CT molecular complexity index is 477. The first-order chi connectivity index (χ1) is 10.4. The highest BCUT2D eigenvalue weighted by Crippen LogP contribution is 2.21. The normalized spacial score (nSPS) is 19.2. The maximum atomic E-state index is 4.42. The van der Waals surface area contributed by atoms with Crippen molar-refractivity contribution in [3.05, 3.63) is 24.0 Å². The van der Waals surface area contributed by atoms with Gasteiger partial charge in [-0.1, -0.05) is 11.6 Å². The number of piperidine rings is 1. The van der Waals surface area contributed by atoms with Gasteiger partial charge in [-0.05, 0) is 51.4 Å². The summed E-state index contributed by atoms with van der Waals surface area (Å²) in [6, 6.07) is 2.10. The van der Waals surface area contributed by atoms with Crippen LogP contribution in [0.25, 0.3) is 0 Å². The van der Waals surface area contributed by atoms with Crippen LogP contribution >= 0.6 is 0 Å². The van der Waals surface area contributed by atoms with Crippen LogP contribution in [0.5, 0.6) is 0 Å². The molecule has 114 valence electrons. The van der Waals surface area contributed by atoms with E-state index >= 15 is 0 Å². The lowest BCUT2D eigenvalue weighted by Crippen LogP contribution is -2.30. The molecule has 1 aromatic heterocycles. The SMILES string of the molecule is C1=C(CCNc2cc(N3CCCCC3)ncn2)CCCC1. The Balaban J connectivity index is 1.52. The lowest BCUT2D eigenvalue weighted by atomic mass is 9.97. The topological polar surface area (TPSA) is 41.0 Å². The van der Waals surface area contributed by atoms with Crippen molar-refractivity contribution in [1.29, 1.82) is 0 Å². The van der Waals surface area contributed by atoms with Crippen molar-refractivity contribution in [3.8, 4) is 0 Å². The van der Waals surface area contributed by atoms with E-state index in [0.29, 0.717) is 0 Å². The fourth-order valence-electron chi connectivity index (χ4n) is 3.22. The van der Waals surface area contributed by atoms with E-state index in [2.05, 4.69) is 32.3 Å². The van der Waals surface area contributed by atoms with Gasteiger partial charge in [0.2, 0.25) is 0 Å². The van der Waals surface area contributed by atoms with Crippen LogP contribution in [0.2, 0.25) is 0 Å². The van der Waals surface area contributed by atoms with E-state index in [4.69, 9.17) is 0 Å². The van der Waals surface area contributed by atoms with Crippen LogP contribution in [-0.4, -0.2) is 29.6 Å². The summed E-state index contributed by atoms with van der Waals surface area (Å²) < 4.78 is 0. The molecule has 0 aromatic carbocycles. The minimum Gasteiger partial charge on any atom is -0.370 e. The summed E-state index contributed by atoms with van der Waals surface area (Å²) in [5.74, 6) is 2.03. The first-order valence-corrected chi connectivity index (χ1v) is 8.40. The van der Waals surface area contributed by atoms with Crippen molar-refractivity contribution in [2.24, 2.45) is 0 Å². The Morgan fingerprint density at radius 1 is 1.05 bits per heavy atom. The number of aromatic nitrogens is 2. The summed E-state index contributed by atoms with van der Waals surface area (Å²) in [5.41, 5.74) is 1.61. The highest BCUT2D eigenvalue weighted by Gasteiger charge is 2.12. The molecular weight excluding hydrogens is 260 g/mol. The Hall–Kier alpha value is -1.58. The van der Waals surface area contributed by atoms with Gasteiger partial charge in [0.15, 0.2) is 0 Å². The van der Waals surface area contributed by atoms with Gasteiger partial charge in [-0.15, -0.1) is 0 Å². The molecule has 0 spiro atoms. The molecule has 0 unspecified atom stereocenters. The van der Waals surface area contributed by atoms with E-state index in [1.807, 2.05) is 0 Å². The molecule has 0 radical (unpaired) electrons. The summed E-state index contributed by atoms with van der Waals surface area (Å²) >= 11 is 0. The molecule has 0 saturated carbocycles. The molecule has 2 heterocycles. The predicted molar refractivity (Wildman–Crippen MR) is 87.8 cm³/mol. The van der Waals surface area contributed by atoms with E-state index < -0.39 is 0 Å². The third-order valence-corrected chi connectivity index (χ3v) is 4.47. The molecule has 0 amide bonds. The number of allylic oxidation sites excluding steroid dienone is 1. The highest BCUT2D eigenvalue weighted by atomic mass is 15.2. The van der Waals surface area contributed by atoms with E-state index in [-0.39, 0.29) is 0 Å². The van der Waals surface area contributed by atoms with E-state index in [9.17, 15) is 0 Å². The largest absolute Gasteiger partial charge is 0.370 e. The van der Waals surface area contributed by atoms with Gasteiger partial charge in [-0.25, -0.2) is 9.97 Å². The number of hydrogen-bond acceptors (Lipinski definition) is 4. The lowest BCUT2D eigenvalue weighted by Gasteiger charge is -2.27. The smallest absolute Gasteiger partial charge is 0.134 e. The molecule has 0 bridgehead atoms. The van der Waals surface area contributed by atoms with Crippen molar-refractivity contribution in [1.82, 2.24) is 9.97 Å². The molecule has 4 nitrogen and oxygen atoms in total. The summed E-state index contributed by atoms with van der Waals surface area (Å²) in [7, 11) is 0. The quantitative estimate of drug-likeness (QED) is 0.837. The van der Waals surface area contributed by atoms with Crippen LogP contribution in [0.3, 0.4) is 0 Å². The zero-order valence-corrected chi connectivity index (χ0v) is 12.9. The van der Waals surface area contributed by atoms with Crippen LogP contribution in [0.4, 0.5) is 11.6 Å². The van der Waals surface area contributed by atoms with Gasteiger partial charge in [0.25, 0.3) is 0 Å². The van der Waals surface area contributed by atoms with Gasteiger partial charge in [0.05, 0.1) is 0 Å². The van der Waals surface area contributed by atoms with Crippen LogP contribution < -0.4 is 10.2 Å². The molecule has 3 rings (SSSR count). The molecule has 1 N–H and O–H groups in total. The zero-order valence-electron chi connectivity index (χ0n) is 12.9. The van der Waals surface area contributed by atoms with Gasteiger partial charge in [0, 0.05) is 25.7 Å². The molecule has 2 aliphatic rings. The van der Waals surface area contributed by atoms with Crippen molar-refractivity contribution in [3.63, 3.8) is 0 Å². The molecular formula is C17H26N4. The minimum atomic E-state index is 0.960. The summed E-state index contributed by atoms with van der Waals surface area (Å²) in [4.78, 5) is 11.1. The van der Waals surface area contributed by atoms with Crippen molar-refractivity contribution in [2.75, 3.05) is 29.9 Å². The fraction of sp³-hybridized carbons (Fsp3) is 0.647. The van der Waals surface area contributed by atoms with Gasteiger partial charge in [0.1, 0.15) is 18.0 Å². The summed E-state index contributed by atoms with van der Waals surface area (Å²) in [5, 5.41) is 3.45. The monoisotopic (exact) mass is 286 g/mol. The van der Waals surface area contributed by atoms with Gasteiger partial charge >= 0.3 is 0 Å². The average Bonchev–Trinajstić information content (AvgIpc) is 2.57. The fourth-order valence-corrected chi connectivity index (χ4v) is 3.22. The number of rotatable bonds is 5. The molecule has 0 atom stereocenters. The maximum absolute atomic E-state index is 4.42. The minimum absolute atomic E-state index is 0.960. The van der Waals surface area contributed by atoms with Crippen LogP contribution in [0.15, 0.2) is 24.0 Å². The summed E-state index contributed by atoms with van der Waals surface area (Å²) in [6.07, 6.45) is 14.4. The maximum Gasteiger partial charge on any atom is 0.134 e. The Labute approximate surface area is 127 Å². The Morgan fingerprint density at radius 3 is 2.76 bits per heavy atom.